The predicted molar refractivity (Wildman–Crippen MR) is 86.1 cm³/mol. The minimum absolute atomic E-state index is 0.348. The Morgan fingerprint density at radius 2 is 1.76 bits per heavy atom. The number of ketones is 1. The van der Waals surface area contributed by atoms with Crippen LogP contribution in [0.1, 0.15) is 59.3 Å². The smallest absolute Gasteiger partial charge is 0.149 e. The maximum Gasteiger partial charge on any atom is 0.149 e. The number of Topliss-reactive ketones (excluding diaryl/α,β-unsaturated/α-hetero) is 1. The Balaban J connectivity index is 1.61. The number of piperidine rings is 1. The molecular weight excluding hydrogens is 260 g/mol. The molecule has 3 rings (SSSR count). The molecule has 2 aliphatic heterocycles. The van der Waals surface area contributed by atoms with Crippen LogP contribution in [-0.4, -0.2) is 47.4 Å². The van der Waals surface area contributed by atoms with Crippen molar-refractivity contribution in [2.24, 2.45) is 17.8 Å². The summed E-state index contributed by atoms with van der Waals surface area (Å²) < 4.78 is 0. The van der Waals surface area contributed by atoms with Crippen LogP contribution in [-0.2, 0) is 4.79 Å². The van der Waals surface area contributed by atoms with Crippen LogP contribution >= 0.6 is 0 Å². The van der Waals surface area contributed by atoms with Crippen molar-refractivity contribution in [3.63, 3.8) is 0 Å². The molecule has 2 saturated heterocycles. The van der Waals surface area contributed by atoms with Gasteiger partial charge in [0.15, 0.2) is 0 Å². The van der Waals surface area contributed by atoms with Crippen molar-refractivity contribution in [1.29, 1.82) is 0 Å². The van der Waals surface area contributed by atoms with Gasteiger partial charge < -0.3 is 0 Å². The lowest BCUT2D eigenvalue weighted by Gasteiger charge is -2.39. The van der Waals surface area contributed by atoms with Crippen LogP contribution in [0.3, 0.4) is 0 Å². The third-order valence-electron chi connectivity index (χ3n) is 6.20. The Labute approximate surface area is 130 Å². The summed E-state index contributed by atoms with van der Waals surface area (Å²) >= 11 is 0. The molecule has 3 unspecified atom stereocenters. The first-order valence-corrected chi connectivity index (χ1v) is 9.08. The first kappa shape index (κ1) is 15.5. The second-order valence-electron chi connectivity index (χ2n) is 7.97. The van der Waals surface area contributed by atoms with Crippen LogP contribution in [0.15, 0.2) is 0 Å². The van der Waals surface area contributed by atoms with E-state index in [0.717, 1.165) is 25.3 Å². The van der Waals surface area contributed by atoms with Crippen molar-refractivity contribution in [1.82, 2.24) is 9.80 Å². The third-order valence-corrected chi connectivity index (χ3v) is 6.20. The molecule has 0 aromatic carbocycles. The van der Waals surface area contributed by atoms with Gasteiger partial charge in [0, 0.05) is 18.5 Å². The van der Waals surface area contributed by atoms with Gasteiger partial charge in [-0.2, -0.15) is 0 Å². The zero-order valence-corrected chi connectivity index (χ0v) is 14.1. The molecule has 0 N–H and O–H groups in total. The molecule has 0 amide bonds. The lowest BCUT2D eigenvalue weighted by Crippen LogP contribution is -2.50. The molecule has 0 aromatic heterocycles. The van der Waals surface area contributed by atoms with E-state index in [4.69, 9.17) is 0 Å². The normalized spacial score (nSPS) is 42.0. The standard InChI is InChI=1S/C18H32N2O/c1-13-6-8-16(9-7-13)17(21)12-20-15(3)11-19-10-4-5-14(2)18(19)20/h13-16,18H,4-12H2,1-3H3. The van der Waals surface area contributed by atoms with Crippen molar-refractivity contribution >= 4 is 5.78 Å². The SMILES string of the molecule is CC1CCC(C(=O)CN2C(C)CN3CCCC(C)C32)CC1. The van der Waals surface area contributed by atoms with E-state index < -0.39 is 0 Å². The molecule has 0 spiro atoms. The quantitative estimate of drug-likeness (QED) is 0.798. The monoisotopic (exact) mass is 292 g/mol. The van der Waals surface area contributed by atoms with Crippen molar-refractivity contribution < 1.29 is 4.79 Å². The fourth-order valence-electron chi connectivity index (χ4n) is 4.84. The average Bonchev–Trinajstić information content (AvgIpc) is 2.77. The van der Waals surface area contributed by atoms with E-state index in [0.29, 0.717) is 36.4 Å². The van der Waals surface area contributed by atoms with Gasteiger partial charge in [-0.3, -0.25) is 14.6 Å². The minimum atomic E-state index is 0.348. The second-order valence-corrected chi connectivity index (χ2v) is 7.97. The highest BCUT2D eigenvalue weighted by atomic mass is 16.1. The molecule has 1 aliphatic carbocycles. The first-order chi connectivity index (χ1) is 10.1. The fraction of sp³-hybridized carbons (Fsp3) is 0.944. The highest BCUT2D eigenvalue weighted by molar-refractivity contribution is 5.83. The summed E-state index contributed by atoms with van der Waals surface area (Å²) in [6.07, 6.45) is 7.93. The molecule has 2 heterocycles. The summed E-state index contributed by atoms with van der Waals surface area (Å²) in [5.41, 5.74) is 0. The van der Waals surface area contributed by atoms with E-state index in [2.05, 4.69) is 30.6 Å². The molecule has 3 aliphatic rings. The number of hydrogen-bond acceptors (Lipinski definition) is 3. The molecule has 120 valence electrons. The largest absolute Gasteiger partial charge is 0.298 e. The summed E-state index contributed by atoms with van der Waals surface area (Å²) in [5, 5.41) is 0. The van der Waals surface area contributed by atoms with E-state index in [-0.39, 0.29) is 0 Å². The molecular formula is C18H32N2O. The van der Waals surface area contributed by atoms with Crippen LogP contribution in [0.2, 0.25) is 0 Å². The van der Waals surface area contributed by atoms with Crippen LogP contribution in [0.5, 0.6) is 0 Å². The number of rotatable bonds is 3. The van der Waals surface area contributed by atoms with Gasteiger partial charge in [0.05, 0.1) is 12.7 Å². The Hall–Kier alpha value is -0.410. The fourth-order valence-corrected chi connectivity index (χ4v) is 4.84. The van der Waals surface area contributed by atoms with Gasteiger partial charge >= 0.3 is 0 Å². The Morgan fingerprint density at radius 1 is 1.05 bits per heavy atom. The van der Waals surface area contributed by atoms with Gasteiger partial charge in [0.2, 0.25) is 0 Å². The molecule has 21 heavy (non-hydrogen) atoms. The van der Waals surface area contributed by atoms with Crippen LogP contribution in [0, 0.1) is 17.8 Å². The number of carbonyl (C=O) groups is 1. The second kappa shape index (κ2) is 6.37. The van der Waals surface area contributed by atoms with Crippen LogP contribution in [0.25, 0.3) is 0 Å². The van der Waals surface area contributed by atoms with Gasteiger partial charge in [-0.1, -0.05) is 26.7 Å². The van der Waals surface area contributed by atoms with Gasteiger partial charge in [-0.25, -0.2) is 0 Å². The van der Waals surface area contributed by atoms with E-state index in [9.17, 15) is 4.79 Å². The molecule has 0 radical (unpaired) electrons. The summed E-state index contributed by atoms with van der Waals surface area (Å²) in [4.78, 5) is 17.9. The zero-order valence-electron chi connectivity index (χ0n) is 14.1. The number of carbonyl (C=O) groups excluding carboxylic acids is 1. The predicted octanol–water partition coefficient (Wildman–Crippen LogP) is 3.14. The Kier molecular flexibility index (Phi) is 4.70. The zero-order chi connectivity index (χ0) is 15.0. The van der Waals surface area contributed by atoms with Crippen molar-refractivity contribution in [3.8, 4) is 0 Å². The molecule has 0 bridgehead atoms. The summed E-state index contributed by atoms with van der Waals surface area (Å²) in [5.74, 6) is 2.41. The number of fused-ring (bicyclic) bond motifs is 1. The van der Waals surface area contributed by atoms with Gasteiger partial charge in [0.1, 0.15) is 5.78 Å². The Bertz CT molecular complexity index is 375. The maximum absolute atomic E-state index is 12.7. The van der Waals surface area contributed by atoms with Gasteiger partial charge in [-0.05, 0) is 51.0 Å². The summed E-state index contributed by atoms with van der Waals surface area (Å²) in [6, 6.07) is 0.544. The average molecular weight is 292 g/mol. The minimum Gasteiger partial charge on any atom is -0.298 e. The van der Waals surface area contributed by atoms with Crippen molar-refractivity contribution in [2.45, 2.75) is 71.5 Å². The first-order valence-electron chi connectivity index (χ1n) is 9.08. The highest BCUT2D eigenvalue weighted by Gasteiger charge is 2.43. The molecule has 3 heteroatoms. The van der Waals surface area contributed by atoms with Crippen molar-refractivity contribution in [2.75, 3.05) is 19.6 Å². The van der Waals surface area contributed by atoms with Crippen molar-refractivity contribution in [3.05, 3.63) is 0 Å². The maximum atomic E-state index is 12.7. The lowest BCUT2D eigenvalue weighted by atomic mass is 9.80. The third kappa shape index (κ3) is 3.19. The van der Waals surface area contributed by atoms with Gasteiger partial charge in [0.25, 0.3) is 0 Å². The highest BCUT2D eigenvalue weighted by Crippen LogP contribution is 2.34. The van der Waals surface area contributed by atoms with Crippen LogP contribution < -0.4 is 0 Å². The number of nitrogens with zero attached hydrogens (tertiary/aromatic N) is 2. The van der Waals surface area contributed by atoms with E-state index in [1.165, 1.54) is 32.2 Å². The lowest BCUT2D eigenvalue weighted by molar-refractivity contribution is -0.126. The molecule has 3 fully saturated rings. The molecule has 3 nitrogen and oxygen atoms in total. The van der Waals surface area contributed by atoms with Gasteiger partial charge in [-0.15, -0.1) is 0 Å². The molecule has 0 aromatic rings. The van der Waals surface area contributed by atoms with E-state index >= 15 is 0 Å². The van der Waals surface area contributed by atoms with Crippen LogP contribution in [0.4, 0.5) is 0 Å². The number of hydrogen-bond donors (Lipinski definition) is 0. The Morgan fingerprint density at radius 3 is 2.48 bits per heavy atom. The topological polar surface area (TPSA) is 23.6 Å². The summed E-state index contributed by atoms with van der Waals surface area (Å²) in [6.45, 7) is 10.1. The van der Waals surface area contributed by atoms with E-state index in [1.54, 1.807) is 0 Å². The molecule has 3 atom stereocenters. The molecule has 1 saturated carbocycles. The summed E-state index contributed by atoms with van der Waals surface area (Å²) in [7, 11) is 0. The van der Waals surface area contributed by atoms with E-state index in [1.807, 2.05) is 0 Å².